The monoisotopic (exact) mass is 294 g/mol. The van der Waals surface area contributed by atoms with Gasteiger partial charge < -0.3 is 11.1 Å². The molecule has 0 unspecified atom stereocenters. The van der Waals surface area contributed by atoms with Gasteiger partial charge in [0.05, 0.1) is 0 Å². The third-order valence-electron chi connectivity index (χ3n) is 2.91. The zero-order valence-corrected chi connectivity index (χ0v) is 11.0. The summed E-state index contributed by atoms with van der Waals surface area (Å²) in [4.78, 5) is 11.8. The van der Waals surface area contributed by atoms with Crippen LogP contribution in [0.3, 0.4) is 0 Å². The molecular weight excluding hydrogens is 281 g/mol. The van der Waals surface area contributed by atoms with Crippen molar-refractivity contribution in [2.24, 2.45) is 5.73 Å². The average Bonchev–Trinajstić information content (AvgIpc) is 2.44. The highest BCUT2D eigenvalue weighted by Gasteiger charge is 2.18. The van der Waals surface area contributed by atoms with E-state index in [0.717, 1.165) is 11.1 Å². The van der Waals surface area contributed by atoms with Gasteiger partial charge in [-0.1, -0.05) is 24.3 Å². The van der Waals surface area contributed by atoms with Crippen LogP contribution in [0.4, 0.5) is 13.2 Å². The van der Waals surface area contributed by atoms with E-state index in [9.17, 15) is 18.0 Å². The first-order valence-electron chi connectivity index (χ1n) is 6.22. The van der Waals surface area contributed by atoms with Crippen molar-refractivity contribution in [3.05, 3.63) is 70.5 Å². The number of carbonyl (C=O) groups is 1. The number of hydrogen-bond donors (Lipinski definition) is 2. The highest BCUT2D eigenvalue weighted by atomic mass is 19.1. The van der Waals surface area contributed by atoms with Crippen LogP contribution in [-0.4, -0.2) is 5.91 Å². The van der Waals surface area contributed by atoms with Crippen molar-refractivity contribution in [1.29, 1.82) is 0 Å². The molecular formula is C15H13F3N2O. The van der Waals surface area contributed by atoms with Gasteiger partial charge in [0.25, 0.3) is 5.91 Å². The smallest absolute Gasteiger partial charge is 0.257 e. The number of rotatable bonds is 4. The second-order valence-electron chi connectivity index (χ2n) is 4.45. The van der Waals surface area contributed by atoms with Gasteiger partial charge in [-0.05, 0) is 11.1 Å². The zero-order valence-electron chi connectivity index (χ0n) is 11.0. The van der Waals surface area contributed by atoms with Crippen LogP contribution in [0.15, 0.2) is 36.4 Å². The van der Waals surface area contributed by atoms with Gasteiger partial charge in [-0.3, -0.25) is 4.79 Å². The van der Waals surface area contributed by atoms with E-state index in [-0.39, 0.29) is 6.54 Å². The van der Waals surface area contributed by atoms with Crippen molar-refractivity contribution in [1.82, 2.24) is 5.32 Å². The van der Waals surface area contributed by atoms with Gasteiger partial charge in [0.1, 0.15) is 23.0 Å². The molecule has 21 heavy (non-hydrogen) atoms. The molecule has 0 aliphatic carbocycles. The Bertz CT molecular complexity index is 651. The molecule has 0 saturated carbocycles. The Labute approximate surface area is 119 Å². The number of nitrogens with one attached hydrogen (secondary N) is 1. The Morgan fingerprint density at radius 1 is 1.05 bits per heavy atom. The number of nitrogens with two attached hydrogens (primary N) is 1. The summed E-state index contributed by atoms with van der Waals surface area (Å²) >= 11 is 0. The van der Waals surface area contributed by atoms with Crippen LogP contribution in [0, 0.1) is 17.5 Å². The Hall–Kier alpha value is -2.34. The maximum atomic E-state index is 13.4. The summed E-state index contributed by atoms with van der Waals surface area (Å²) < 4.78 is 39.7. The molecule has 0 aliphatic rings. The van der Waals surface area contributed by atoms with Crippen molar-refractivity contribution in [3.8, 4) is 0 Å². The Kier molecular flexibility index (Phi) is 4.59. The fourth-order valence-electron chi connectivity index (χ4n) is 1.90. The SMILES string of the molecule is NCc1cccc(CNC(=O)c2c(F)cc(F)cc2F)c1. The van der Waals surface area contributed by atoms with E-state index in [0.29, 0.717) is 18.7 Å². The Morgan fingerprint density at radius 2 is 1.67 bits per heavy atom. The quantitative estimate of drug-likeness (QED) is 0.910. The maximum Gasteiger partial charge on any atom is 0.257 e. The molecule has 110 valence electrons. The molecule has 2 aromatic carbocycles. The fourth-order valence-corrected chi connectivity index (χ4v) is 1.90. The van der Waals surface area contributed by atoms with Crippen molar-refractivity contribution in [3.63, 3.8) is 0 Å². The lowest BCUT2D eigenvalue weighted by Crippen LogP contribution is -2.25. The molecule has 0 saturated heterocycles. The zero-order chi connectivity index (χ0) is 15.4. The molecule has 0 atom stereocenters. The highest BCUT2D eigenvalue weighted by molar-refractivity contribution is 5.94. The summed E-state index contributed by atoms with van der Waals surface area (Å²) in [7, 11) is 0. The molecule has 1 amide bonds. The molecule has 2 rings (SSSR count). The molecule has 3 N–H and O–H groups in total. The van der Waals surface area contributed by atoms with Gasteiger partial charge in [0.15, 0.2) is 0 Å². The first-order chi connectivity index (χ1) is 10.0. The number of hydrogen-bond acceptors (Lipinski definition) is 2. The molecule has 0 aromatic heterocycles. The molecule has 0 heterocycles. The Balaban J connectivity index is 2.12. The predicted octanol–water partition coefficient (Wildman–Crippen LogP) is 2.49. The first kappa shape index (κ1) is 15.1. The van der Waals surface area contributed by atoms with Crippen LogP contribution in [0.2, 0.25) is 0 Å². The van der Waals surface area contributed by atoms with Gasteiger partial charge >= 0.3 is 0 Å². The summed E-state index contributed by atoms with van der Waals surface area (Å²) in [6.07, 6.45) is 0. The van der Waals surface area contributed by atoms with Gasteiger partial charge in [0, 0.05) is 25.2 Å². The van der Waals surface area contributed by atoms with Gasteiger partial charge in [-0.2, -0.15) is 0 Å². The fraction of sp³-hybridized carbons (Fsp3) is 0.133. The van der Waals surface area contributed by atoms with Crippen LogP contribution in [0.1, 0.15) is 21.5 Å². The highest BCUT2D eigenvalue weighted by Crippen LogP contribution is 2.15. The van der Waals surface area contributed by atoms with Crippen molar-refractivity contribution >= 4 is 5.91 Å². The number of benzene rings is 2. The van der Waals surface area contributed by atoms with Crippen LogP contribution in [0.25, 0.3) is 0 Å². The molecule has 6 heteroatoms. The minimum atomic E-state index is -1.24. The minimum absolute atomic E-state index is 0.0862. The van der Waals surface area contributed by atoms with Crippen LogP contribution < -0.4 is 11.1 Å². The van der Waals surface area contributed by atoms with E-state index in [1.807, 2.05) is 6.07 Å². The minimum Gasteiger partial charge on any atom is -0.348 e. The third-order valence-corrected chi connectivity index (χ3v) is 2.91. The second-order valence-corrected chi connectivity index (χ2v) is 4.45. The van der Waals surface area contributed by atoms with Crippen LogP contribution >= 0.6 is 0 Å². The van der Waals surface area contributed by atoms with Crippen molar-refractivity contribution in [2.45, 2.75) is 13.1 Å². The number of halogens is 3. The van der Waals surface area contributed by atoms with E-state index < -0.39 is 28.9 Å². The lowest BCUT2D eigenvalue weighted by Gasteiger charge is -2.08. The van der Waals surface area contributed by atoms with E-state index in [2.05, 4.69) is 5.32 Å². The summed E-state index contributed by atoms with van der Waals surface area (Å²) in [6, 6.07) is 8.04. The normalized spacial score (nSPS) is 10.5. The lowest BCUT2D eigenvalue weighted by molar-refractivity contribution is 0.0942. The molecule has 3 nitrogen and oxygen atoms in total. The summed E-state index contributed by atoms with van der Waals surface area (Å²) in [5.74, 6) is -4.48. The maximum absolute atomic E-state index is 13.4. The predicted molar refractivity (Wildman–Crippen MR) is 71.8 cm³/mol. The van der Waals surface area contributed by atoms with Crippen LogP contribution in [-0.2, 0) is 13.1 Å². The molecule has 2 aromatic rings. The van der Waals surface area contributed by atoms with E-state index in [1.54, 1.807) is 18.2 Å². The van der Waals surface area contributed by atoms with Gasteiger partial charge in [-0.15, -0.1) is 0 Å². The molecule has 0 radical (unpaired) electrons. The van der Waals surface area contributed by atoms with Crippen molar-refractivity contribution in [2.75, 3.05) is 0 Å². The van der Waals surface area contributed by atoms with Crippen molar-refractivity contribution < 1.29 is 18.0 Å². The Morgan fingerprint density at radius 3 is 2.29 bits per heavy atom. The second kappa shape index (κ2) is 6.41. The van der Waals surface area contributed by atoms with E-state index in [1.165, 1.54) is 0 Å². The molecule has 0 fully saturated rings. The number of amides is 1. The topological polar surface area (TPSA) is 55.1 Å². The average molecular weight is 294 g/mol. The third kappa shape index (κ3) is 3.61. The molecule has 0 bridgehead atoms. The summed E-state index contributed by atoms with van der Waals surface area (Å²) in [6.45, 7) is 0.436. The number of carbonyl (C=O) groups excluding carboxylic acids is 1. The van der Waals surface area contributed by atoms with Gasteiger partial charge in [-0.25, -0.2) is 13.2 Å². The van der Waals surface area contributed by atoms with E-state index >= 15 is 0 Å². The summed E-state index contributed by atoms with van der Waals surface area (Å²) in [5, 5.41) is 2.39. The largest absolute Gasteiger partial charge is 0.348 e. The molecule has 0 aliphatic heterocycles. The lowest BCUT2D eigenvalue weighted by atomic mass is 10.1. The first-order valence-corrected chi connectivity index (χ1v) is 6.22. The van der Waals surface area contributed by atoms with E-state index in [4.69, 9.17) is 5.73 Å². The molecule has 0 spiro atoms. The standard InChI is InChI=1S/C15H13F3N2O/c16-11-5-12(17)14(13(18)6-11)15(21)20-8-10-3-1-2-9(4-10)7-19/h1-6H,7-8,19H2,(H,20,21). The van der Waals surface area contributed by atoms with Crippen LogP contribution in [0.5, 0.6) is 0 Å². The summed E-state index contributed by atoms with van der Waals surface area (Å²) in [5.41, 5.74) is 6.32. The van der Waals surface area contributed by atoms with Gasteiger partial charge in [0.2, 0.25) is 0 Å².